The molecule has 30 heavy (non-hydrogen) atoms. The fourth-order valence-corrected chi connectivity index (χ4v) is 4.90. The summed E-state index contributed by atoms with van der Waals surface area (Å²) in [5.74, 6) is -0.0581. The van der Waals surface area contributed by atoms with Crippen LogP contribution in [0.1, 0.15) is 17.7 Å². The van der Waals surface area contributed by atoms with E-state index in [0.717, 1.165) is 16.1 Å². The van der Waals surface area contributed by atoms with E-state index < -0.39 is 17.3 Å². The van der Waals surface area contributed by atoms with Crippen LogP contribution in [-0.2, 0) is 14.3 Å². The number of amides is 1. The van der Waals surface area contributed by atoms with E-state index in [1.54, 1.807) is 18.1 Å². The van der Waals surface area contributed by atoms with Crippen molar-refractivity contribution in [1.29, 1.82) is 0 Å². The average Bonchev–Trinajstić information content (AvgIpc) is 2.82. The number of anilines is 1. The van der Waals surface area contributed by atoms with E-state index in [9.17, 15) is 9.59 Å². The van der Waals surface area contributed by atoms with Crippen molar-refractivity contribution in [1.82, 2.24) is 4.90 Å². The first kappa shape index (κ1) is 22.5. The number of likely N-dealkylation sites (N-methyl/N-ethyl adjacent to an activating group) is 1. The van der Waals surface area contributed by atoms with Gasteiger partial charge in [0.1, 0.15) is 5.75 Å². The first-order chi connectivity index (χ1) is 14.3. The summed E-state index contributed by atoms with van der Waals surface area (Å²) in [6.45, 7) is 2.42. The normalized spacial score (nSPS) is 18.7. The van der Waals surface area contributed by atoms with Crippen molar-refractivity contribution in [2.24, 2.45) is 0 Å². The highest BCUT2D eigenvalue weighted by molar-refractivity contribution is 8.00. The maximum atomic E-state index is 13.6. The van der Waals surface area contributed by atoms with Gasteiger partial charge in [-0.2, -0.15) is 0 Å². The minimum absolute atomic E-state index is 0.263. The largest absolute Gasteiger partial charge is 0.497 e. The molecule has 2 aromatic carbocycles. The molecule has 3 rings (SSSR count). The SMILES string of the molecule is COc1ccc([C@@H]2Sc3c(Cl)cccc3N(CCN(C)C)C(=O)[C@H]2OC(C)=O)cc1. The molecule has 1 heterocycles. The van der Waals surface area contributed by atoms with E-state index in [0.29, 0.717) is 23.9 Å². The number of rotatable bonds is 6. The number of thioether (sulfide) groups is 1. The van der Waals surface area contributed by atoms with Crippen LogP contribution in [-0.4, -0.2) is 57.2 Å². The van der Waals surface area contributed by atoms with E-state index in [-0.39, 0.29) is 5.91 Å². The van der Waals surface area contributed by atoms with Gasteiger partial charge in [0.05, 0.1) is 28.0 Å². The van der Waals surface area contributed by atoms with Gasteiger partial charge < -0.3 is 19.3 Å². The fraction of sp³-hybridized carbons (Fsp3) is 0.364. The highest BCUT2D eigenvalue weighted by Gasteiger charge is 2.41. The molecule has 8 heteroatoms. The topological polar surface area (TPSA) is 59.1 Å². The fourth-order valence-electron chi connectivity index (χ4n) is 3.28. The second-order valence-corrected chi connectivity index (χ2v) is 8.78. The predicted octanol–water partition coefficient (Wildman–Crippen LogP) is 4.02. The second-order valence-electron chi connectivity index (χ2n) is 7.22. The Balaban J connectivity index is 2.11. The molecule has 2 atom stereocenters. The molecule has 0 spiro atoms. The quantitative estimate of drug-likeness (QED) is 0.622. The number of nitrogens with zero attached hydrogens (tertiary/aromatic N) is 2. The first-order valence-corrected chi connectivity index (χ1v) is 10.8. The Bertz CT molecular complexity index is 920. The third-order valence-corrected chi connectivity index (χ3v) is 6.64. The molecule has 6 nitrogen and oxygen atoms in total. The van der Waals surface area contributed by atoms with E-state index in [2.05, 4.69) is 0 Å². The number of hydrogen-bond donors (Lipinski definition) is 0. The summed E-state index contributed by atoms with van der Waals surface area (Å²) in [7, 11) is 5.48. The lowest BCUT2D eigenvalue weighted by molar-refractivity contribution is -0.152. The van der Waals surface area contributed by atoms with Gasteiger partial charge in [-0.05, 0) is 43.9 Å². The molecule has 1 aliphatic heterocycles. The van der Waals surface area contributed by atoms with Crippen molar-refractivity contribution in [3.63, 3.8) is 0 Å². The lowest BCUT2D eigenvalue weighted by atomic mass is 10.1. The number of carbonyl (C=O) groups excluding carboxylic acids is 2. The monoisotopic (exact) mass is 448 g/mol. The smallest absolute Gasteiger partial charge is 0.303 e. The second kappa shape index (κ2) is 9.73. The van der Waals surface area contributed by atoms with E-state index in [4.69, 9.17) is 21.1 Å². The van der Waals surface area contributed by atoms with Crippen molar-refractivity contribution in [3.8, 4) is 5.75 Å². The molecule has 0 saturated heterocycles. The summed E-state index contributed by atoms with van der Waals surface area (Å²) in [5, 5.41) is 0.109. The molecule has 0 bridgehead atoms. The van der Waals surface area contributed by atoms with Gasteiger partial charge in [-0.3, -0.25) is 9.59 Å². The van der Waals surface area contributed by atoms with Crippen molar-refractivity contribution < 1.29 is 19.1 Å². The molecule has 1 aliphatic rings. The molecular formula is C22H25ClN2O4S. The summed E-state index contributed by atoms with van der Waals surface area (Å²) >= 11 is 7.98. The minimum Gasteiger partial charge on any atom is -0.497 e. The summed E-state index contributed by atoms with van der Waals surface area (Å²) in [4.78, 5) is 30.0. The Morgan fingerprint density at radius 1 is 1.20 bits per heavy atom. The Hall–Kier alpha value is -2.22. The van der Waals surface area contributed by atoms with Crippen LogP contribution in [0.4, 0.5) is 5.69 Å². The Labute approximate surface area is 186 Å². The zero-order valence-corrected chi connectivity index (χ0v) is 19.0. The number of fused-ring (bicyclic) bond motifs is 1. The number of halogens is 1. The van der Waals surface area contributed by atoms with Gasteiger partial charge in [-0.25, -0.2) is 0 Å². The number of carbonyl (C=O) groups is 2. The van der Waals surface area contributed by atoms with Crippen molar-refractivity contribution >= 4 is 40.9 Å². The molecule has 0 N–H and O–H groups in total. The zero-order chi connectivity index (χ0) is 21.8. The third kappa shape index (κ3) is 4.91. The van der Waals surface area contributed by atoms with Crippen LogP contribution in [0.15, 0.2) is 47.4 Å². The van der Waals surface area contributed by atoms with Gasteiger partial charge in [0, 0.05) is 20.0 Å². The van der Waals surface area contributed by atoms with Crippen LogP contribution in [0.5, 0.6) is 5.75 Å². The molecule has 160 valence electrons. The number of methoxy groups -OCH3 is 1. The van der Waals surface area contributed by atoms with Crippen molar-refractivity contribution in [2.75, 3.05) is 39.2 Å². The Morgan fingerprint density at radius 3 is 2.50 bits per heavy atom. The molecular weight excluding hydrogens is 424 g/mol. The first-order valence-electron chi connectivity index (χ1n) is 9.54. The molecule has 1 amide bonds. The number of hydrogen-bond acceptors (Lipinski definition) is 6. The highest BCUT2D eigenvalue weighted by Crippen LogP contribution is 2.49. The van der Waals surface area contributed by atoms with E-state index >= 15 is 0 Å². The van der Waals surface area contributed by atoms with Crippen LogP contribution in [0.2, 0.25) is 5.02 Å². The molecule has 0 radical (unpaired) electrons. The van der Waals surface area contributed by atoms with E-state index in [1.807, 2.05) is 55.4 Å². The lowest BCUT2D eigenvalue weighted by Gasteiger charge is -2.28. The standard InChI is InChI=1S/C22H25ClN2O4S/c1-14(26)29-19-20(15-8-10-16(28-4)11-9-15)30-21-17(23)6-5-7-18(21)25(22(19)27)13-12-24(2)3/h5-11,19-20H,12-13H2,1-4H3/t19-,20-/m0/s1. The molecule has 0 aliphatic carbocycles. The summed E-state index contributed by atoms with van der Waals surface area (Å²) < 4.78 is 10.8. The van der Waals surface area contributed by atoms with Crippen LogP contribution < -0.4 is 9.64 Å². The van der Waals surface area contributed by atoms with Gasteiger partial charge in [0.25, 0.3) is 5.91 Å². The van der Waals surface area contributed by atoms with Crippen molar-refractivity contribution in [3.05, 3.63) is 53.1 Å². The minimum atomic E-state index is -0.980. The molecule has 0 fully saturated rings. The Kier molecular flexibility index (Phi) is 7.28. The van der Waals surface area contributed by atoms with Gasteiger partial charge in [0.2, 0.25) is 0 Å². The van der Waals surface area contributed by atoms with Gasteiger partial charge in [0.15, 0.2) is 6.10 Å². The summed E-state index contributed by atoms with van der Waals surface area (Å²) in [5.41, 5.74) is 1.58. The third-order valence-electron chi connectivity index (χ3n) is 4.77. The predicted molar refractivity (Wildman–Crippen MR) is 120 cm³/mol. The number of benzene rings is 2. The summed E-state index contributed by atoms with van der Waals surface area (Å²) in [6.07, 6.45) is -0.980. The average molecular weight is 449 g/mol. The molecule has 0 unspecified atom stereocenters. The highest BCUT2D eigenvalue weighted by atomic mass is 35.5. The van der Waals surface area contributed by atoms with Crippen LogP contribution in [0, 0.1) is 0 Å². The van der Waals surface area contributed by atoms with Gasteiger partial charge >= 0.3 is 5.97 Å². The lowest BCUT2D eigenvalue weighted by Crippen LogP contribution is -2.45. The van der Waals surface area contributed by atoms with Gasteiger partial charge in [-0.1, -0.05) is 29.8 Å². The molecule has 0 aromatic heterocycles. The Morgan fingerprint density at radius 2 is 1.90 bits per heavy atom. The molecule has 0 saturated carbocycles. The van der Waals surface area contributed by atoms with Crippen LogP contribution in [0.25, 0.3) is 0 Å². The maximum absolute atomic E-state index is 13.6. The van der Waals surface area contributed by atoms with Crippen LogP contribution >= 0.6 is 23.4 Å². The van der Waals surface area contributed by atoms with E-state index in [1.165, 1.54) is 18.7 Å². The van der Waals surface area contributed by atoms with Crippen LogP contribution in [0.3, 0.4) is 0 Å². The van der Waals surface area contributed by atoms with Crippen molar-refractivity contribution in [2.45, 2.75) is 23.2 Å². The maximum Gasteiger partial charge on any atom is 0.303 e. The number of esters is 1. The summed E-state index contributed by atoms with van der Waals surface area (Å²) in [6, 6.07) is 12.9. The number of ether oxygens (including phenoxy) is 2. The molecule has 2 aromatic rings. The van der Waals surface area contributed by atoms with Gasteiger partial charge in [-0.15, -0.1) is 11.8 Å². The zero-order valence-electron chi connectivity index (χ0n) is 17.4.